The Hall–Kier alpha value is -0.450. The summed E-state index contributed by atoms with van der Waals surface area (Å²) in [7, 11) is 2.24. The summed E-state index contributed by atoms with van der Waals surface area (Å²) in [6.07, 6.45) is 2.48. The number of likely N-dealkylation sites (tertiary alicyclic amines) is 1. The molecule has 2 unspecified atom stereocenters. The minimum Gasteiger partial charge on any atom is -0.316 e. The Morgan fingerprint density at radius 2 is 2.20 bits per heavy atom. The van der Waals surface area contributed by atoms with Gasteiger partial charge in [-0.2, -0.15) is 0 Å². The van der Waals surface area contributed by atoms with Crippen LogP contribution in [0.3, 0.4) is 0 Å². The van der Waals surface area contributed by atoms with Gasteiger partial charge in [0.15, 0.2) is 0 Å². The van der Waals surface area contributed by atoms with Crippen LogP contribution in [0.1, 0.15) is 57.3 Å². The van der Waals surface area contributed by atoms with Gasteiger partial charge < -0.3 is 5.32 Å². The molecular weight excluding hydrogens is 266 g/mol. The van der Waals surface area contributed by atoms with Gasteiger partial charge in [0.05, 0.1) is 16.7 Å². The SMILES string of the molecule is CCCNCC1CCN(C)C1c1csc(C(C)(C)C)n1. The van der Waals surface area contributed by atoms with Crippen molar-refractivity contribution in [1.82, 2.24) is 15.2 Å². The van der Waals surface area contributed by atoms with Crippen molar-refractivity contribution in [3.05, 3.63) is 16.1 Å². The van der Waals surface area contributed by atoms with Crippen molar-refractivity contribution in [2.45, 2.75) is 52.0 Å². The first-order chi connectivity index (χ1) is 9.43. The Balaban J connectivity index is 2.09. The quantitative estimate of drug-likeness (QED) is 0.844. The molecule has 2 heterocycles. The molecule has 1 aliphatic rings. The molecular formula is C16H29N3S. The van der Waals surface area contributed by atoms with E-state index in [4.69, 9.17) is 4.98 Å². The Labute approximate surface area is 127 Å². The minimum atomic E-state index is 0.163. The molecule has 20 heavy (non-hydrogen) atoms. The number of hydrogen-bond donors (Lipinski definition) is 1. The molecule has 1 N–H and O–H groups in total. The van der Waals surface area contributed by atoms with Crippen LogP contribution in [0.2, 0.25) is 0 Å². The maximum Gasteiger partial charge on any atom is 0.0982 e. The second kappa shape index (κ2) is 6.54. The fourth-order valence-electron chi connectivity index (χ4n) is 2.94. The highest BCUT2D eigenvalue weighted by Gasteiger charge is 2.34. The Bertz CT molecular complexity index is 422. The molecule has 0 saturated carbocycles. The van der Waals surface area contributed by atoms with Crippen molar-refractivity contribution in [1.29, 1.82) is 0 Å². The summed E-state index contributed by atoms with van der Waals surface area (Å²) in [6, 6.07) is 0.492. The van der Waals surface area contributed by atoms with Gasteiger partial charge in [0.25, 0.3) is 0 Å². The number of rotatable bonds is 5. The smallest absolute Gasteiger partial charge is 0.0982 e. The summed E-state index contributed by atoms with van der Waals surface area (Å²) in [5, 5.41) is 7.12. The molecule has 1 aromatic heterocycles. The largest absolute Gasteiger partial charge is 0.316 e. The number of nitrogens with one attached hydrogen (secondary N) is 1. The molecule has 2 rings (SSSR count). The summed E-state index contributed by atoms with van der Waals surface area (Å²) in [5.41, 5.74) is 1.44. The molecule has 0 spiro atoms. The average molecular weight is 295 g/mol. The van der Waals surface area contributed by atoms with Gasteiger partial charge in [-0.15, -0.1) is 11.3 Å². The Kier molecular flexibility index (Phi) is 5.21. The van der Waals surface area contributed by atoms with E-state index in [0.717, 1.165) is 13.1 Å². The van der Waals surface area contributed by atoms with Crippen LogP contribution in [0, 0.1) is 5.92 Å². The zero-order valence-electron chi connectivity index (χ0n) is 13.6. The third kappa shape index (κ3) is 3.60. The van der Waals surface area contributed by atoms with Crippen LogP contribution in [-0.2, 0) is 5.41 Å². The fourth-order valence-corrected chi connectivity index (χ4v) is 3.87. The van der Waals surface area contributed by atoms with E-state index in [1.165, 1.54) is 30.1 Å². The summed E-state index contributed by atoms with van der Waals surface area (Å²) < 4.78 is 0. The highest BCUT2D eigenvalue weighted by molar-refractivity contribution is 7.09. The maximum absolute atomic E-state index is 4.94. The van der Waals surface area contributed by atoms with Crippen LogP contribution in [0.5, 0.6) is 0 Å². The number of aromatic nitrogens is 1. The van der Waals surface area contributed by atoms with Crippen molar-refractivity contribution < 1.29 is 0 Å². The van der Waals surface area contributed by atoms with Gasteiger partial charge in [-0.05, 0) is 45.4 Å². The third-order valence-electron chi connectivity index (χ3n) is 4.07. The normalized spacial score (nSPS) is 24.4. The molecule has 114 valence electrons. The third-order valence-corrected chi connectivity index (χ3v) is 5.36. The van der Waals surface area contributed by atoms with Crippen LogP contribution >= 0.6 is 11.3 Å². The van der Waals surface area contributed by atoms with E-state index in [2.05, 4.69) is 50.3 Å². The fraction of sp³-hybridized carbons (Fsp3) is 0.812. The predicted octanol–water partition coefficient (Wildman–Crippen LogP) is 3.43. The molecule has 1 saturated heterocycles. The van der Waals surface area contributed by atoms with Crippen LogP contribution in [0.15, 0.2) is 5.38 Å². The molecule has 3 nitrogen and oxygen atoms in total. The second-order valence-electron chi connectivity index (χ2n) is 7.01. The van der Waals surface area contributed by atoms with E-state index in [9.17, 15) is 0 Å². The van der Waals surface area contributed by atoms with Gasteiger partial charge in [0.1, 0.15) is 0 Å². The van der Waals surface area contributed by atoms with E-state index < -0.39 is 0 Å². The van der Waals surface area contributed by atoms with E-state index in [0.29, 0.717) is 12.0 Å². The van der Waals surface area contributed by atoms with Crippen molar-refractivity contribution in [2.75, 3.05) is 26.7 Å². The standard InChI is InChI=1S/C16H29N3S/c1-6-8-17-10-12-7-9-19(5)14(12)13-11-20-15(18-13)16(2,3)4/h11-12,14,17H,6-10H2,1-5H3. The van der Waals surface area contributed by atoms with Crippen LogP contribution in [0.4, 0.5) is 0 Å². The van der Waals surface area contributed by atoms with Gasteiger partial charge in [0, 0.05) is 10.8 Å². The van der Waals surface area contributed by atoms with E-state index in [1.54, 1.807) is 0 Å². The minimum absolute atomic E-state index is 0.163. The number of thiazole rings is 1. The molecule has 0 radical (unpaired) electrons. The molecule has 0 aromatic carbocycles. The lowest BCUT2D eigenvalue weighted by molar-refractivity contribution is 0.267. The summed E-state index contributed by atoms with van der Waals surface area (Å²) >= 11 is 1.82. The van der Waals surface area contributed by atoms with Gasteiger partial charge >= 0.3 is 0 Å². The molecule has 0 amide bonds. The van der Waals surface area contributed by atoms with Crippen molar-refractivity contribution in [3.8, 4) is 0 Å². The lowest BCUT2D eigenvalue weighted by Gasteiger charge is -2.24. The van der Waals surface area contributed by atoms with Crippen LogP contribution < -0.4 is 5.32 Å². The van der Waals surface area contributed by atoms with Crippen molar-refractivity contribution in [3.63, 3.8) is 0 Å². The Morgan fingerprint density at radius 3 is 2.80 bits per heavy atom. The highest BCUT2D eigenvalue weighted by atomic mass is 32.1. The van der Waals surface area contributed by atoms with Gasteiger partial charge in [-0.25, -0.2) is 4.98 Å². The number of nitrogens with zero attached hydrogens (tertiary/aromatic N) is 2. The Morgan fingerprint density at radius 1 is 1.45 bits per heavy atom. The van der Waals surface area contributed by atoms with Crippen LogP contribution in [-0.4, -0.2) is 36.6 Å². The highest BCUT2D eigenvalue weighted by Crippen LogP contribution is 2.37. The van der Waals surface area contributed by atoms with Crippen molar-refractivity contribution in [2.24, 2.45) is 5.92 Å². The molecule has 0 bridgehead atoms. The first-order valence-electron chi connectivity index (χ1n) is 7.80. The molecule has 4 heteroatoms. The molecule has 0 aliphatic carbocycles. The second-order valence-corrected chi connectivity index (χ2v) is 7.86. The van der Waals surface area contributed by atoms with E-state index >= 15 is 0 Å². The van der Waals surface area contributed by atoms with Gasteiger partial charge in [-0.1, -0.05) is 27.7 Å². The average Bonchev–Trinajstić information content (AvgIpc) is 2.96. The van der Waals surface area contributed by atoms with E-state index in [1.807, 2.05) is 11.3 Å². The topological polar surface area (TPSA) is 28.2 Å². The predicted molar refractivity (Wildman–Crippen MR) is 87.5 cm³/mol. The lowest BCUT2D eigenvalue weighted by atomic mass is 9.96. The van der Waals surface area contributed by atoms with Crippen molar-refractivity contribution >= 4 is 11.3 Å². The molecule has 1 aromatic rings. The summed E-state index contributed by atoms with van der Waals surface area (Å²) in [4.78, 5) is 7.41. The van der Waals surface area contributed by atoms with E-state index in [-0.39, 0.29) is 5.41 Å². The maximum atomic E-state index is 4.94. The monoisotopic (exact) mass is 295 g/mol. The zero-order valence-corrected chi connectivity index (χ0v) is 14.4. The first kappa shape index (κ1) is 15.9. The van der Waals surface area contributed by atoms with Gasteiger partial charge in [0.2, 0.25) is 0 Å². The summed E-state index contributed by atoms with van der Waals surface area (Å²) in [5.74, 6) is 0.696. The first-order valence-corrected chi connectivity index (χ1v) is 8.68. The molecule has 1 aliphatic heterocycles. The number of hydrogen-bond acceptors (Lipinski definition) is 4. The van der Waals surface area contributed by atoms with Crippen LogP contribution in [0.25, 0.3) is 0 Å². The molecule has 2 atom stereocenters. The van der Waals surface area contributed by atoms with Gasteiger partial charge in [-0.3, -0.25) is 4.90 Å². The lowest BCUT2D eigenvalue weighted by Crippen LogP contribution is -2.29. The summed E-state index contributed by atoms with van der Waals surface area (Å²) in [6.45, 7) is 12.4. The zero-order chi connectivity index (χ0) is 14.8. The molecule has 1 fully saturated rings.